The Labute approximate surface area is 112 Å². The van der Waals surface area contributed by atoms with Crippen molar-refractivity contribution in [2.75, 3.05) is 6.54 Å². The molecular formula is C13H22BrN3. The fraction of sp³-hybridized carbons (Fsp3) is 0.769. The monoisotopic (exact) mass is 299 g/mol. The number of nitrogens with zero attached hydrogens (tertiary/aromatic N) is 2. The maximum Gasteiger partial charge on any atom is 0.0701 e. The third-order valence-corrected chi connectivity index (χ3v) is 4.23. The topological polar surface area (TPSA) is 29.9 Å². The van der Waals surface area contributed by atoms with Crippen molar-refractivity contribution in [1.29, 1.82) is 0 Å². The standard InChI is InChI=1S/C13H22BrN3/c1-4-15-12(10-6-5-7-10)13-11(14)8-16-17(13)9(2)3/h8-10,12,15H,4-7H2,1-3H3. The molecule has 1 heterocycles. The quantitative estimate of drug-likeness (QED) is 0.899. The molecule has 1 fully saturated rings. The second kappa shape index (κ2) is 5.53. The molecule has 1 aromatic rings. The summed E-state index contributed by atoms with van der Waals surface area (Å²) in [6.07, 6.45) is 5.99. The van der Waals surface area contributed by atoms with Gasteiger partial charge in [-0.15, -0.1) is 0 Å². The SMILES string of the molecule is CCNC(c1c(Br)cnn1C(C)C)C1CCC1. The summed E-state index contributed by atoms with van der Waals surface area (Å²) in [5.41, 5.74) is 1.33. The lowest BCUT2D eigenvalue weighted by molar-refractivity contribution is 0.221. The fourth-order valence-electron chi connectivity index (χ4n) is 2.53. The molecule has 0 bridgehead atoms. The molecule has 2 rings (SSSR count). The van der Waals surface area contributed by atoms with Crippen LogP contribution in [0.15, 0.2) is 10.7 Å². The molecule has 0 radical (unpaired) electrons. The van der Waals surface area contributed by atoms with Crippen LogP contribution in [-0.4, -0.2) is 16.3 Å². The second-order valence-electron chi connectivity index (χ2n) is 5.14. The highest BCUT2D eigenvalue weighted by atomic mass is 79.9. The lowest BCUT2D eigenvalue weighted by Crippen LogP contribution is -2.34. The first-order chi connectivity index (χ1) is 8.15. The normalized spacial score (nSPS) is 18.4. The van der Waals surface area contributed by atoms with Crippen LogP contribution in [0.5, 0.6) is 0 Å². The summed E-state index contributed by atoms with van der Waals surface area (Å²) in [5, 5.41) is 8.12. The number of hydrogen-bond acceptors (Lipinski definition) is 2. The highest BCUT2D eigenvalue weighted by Crippen LogP contribution is 2.40. The molecule has 4 heteroatoms. The van der Waals surface area contributed by atoms with Gasteiger partial charge < -0.3 is 5.32 Å². The molecule has 0 aromatic carbocycles. The molecular weight excluding hydrogens is 278 g/mol. The summed E-state index contributed by atoms with van der Waals surface area (Å²) in [7, 11) is 0. The first kappa shape index (κ1) is 13.1. The highest BCUT2D eigenvalue weighted by molar-refractivity contribution is 9.10. The molecule has 0 aliphatic heterocycles. The van der Waals surface area contributed by atoms with Crippen LogP contribution in [0.3, 0.4) is 0 Å². The molecule has 1 N–H and O–H groups in total. The van der Waals surface area contributed by atoms with Crippen LogP contribution >= 0.6 is 15.9 Å². The van der Waals surface area contributed by atoms with E-state index in [0.717, 1.165) is 16.9 Å². The largest absolute Gasteiger partial charge is 0.309 e. The number of nitrogens with one attached hydrogen (secondary N) is 1. The van der Waals surface area contributed by atoms with Gasteiger partial charge in [-0.25, -0.2) is 0 Å². The van der Waals surface area contributed by atoms with Crippen molar-refractivity contribution >= 4 is 15.9 Å². The van der Waals surface area contributed by atoms with Gasteiger partial charge in [-0.05, 0) is 55.1 Å². The van der Waals surface area contributed by atoms with Crippen LogP contribution in [0.1, 0.15) is 57.8 Å². The van der Waals surface area contributed by atoms with E-state index in [4.69, 9.17) is 0 Å². The van der Waals surface area contributed by atoms with E-state index in [1.54, 1.807) is 0 Å². The minimum Gasteiger partial charge on any atom is -0.309 e. The van der Waals surface area contributed by atoms with E-state index >= 15 is 0 Å². The lowest BCUT2D eigenvalue weighted by Gasteiger charge is -2.35. The van der Waals surface area contributed by atoms with Gasteiger partial charge in [0.25, 0.3) is 0 Å². The maximum absolute atomic E-state index is 4.49. The Bertz CT molecular complexity index is 369. The minimum absolute atomic E-state index is 0.414. The Morgan fingerprint density at radius 3 is 2.71 bits per heavy atom. The van der Waals surface area contributed by atoms with Gasteiger partial charge in [0.15, 0.2) is 0 Å². The zero-order chi connectivity index (χ0) is 12.4. The number of hydrogen-bond donors (Lipinski definition) is 1. The molecule has 1 aromatic heterocycles. The van der Waals surface area contributed by atoms with Crippen molar-refractivity contribution < 1.29 is 0 Å². The predicted molar refractivity (Wildman–Crippen MR) is 74.1 cm³/mol. The van der Waals surface area contributed by atoms with Gasteiger partial charge in [0, 0.05) is 6.04 Å². The summed E-state index contributed by atoms with van der Waals surface area (Å²) in [6, 6.07) is 0.866. The van der Waals surface area contributed by atoms with Crippen molar-refractivity contribution in [3.05, 3.63) is 16.4 Å². The van der Waals surface area contributed by atoms with Crippen molar-refractivity contribution in [2.24, 2.45) is 5.92 Å². The van der Waals surface area contributed by atoms with Crippen LogP contribution in [0.2, 0.25) is 0 Å². The van der Waals surface area contributed by atoms with Gasteiger partial charge in [-0.2, -0.15) is 5.10 Å². The Hall–Kier alpha value is -0.350. The van der Waals surface area contributed by atoms with E-state index in [0.29, 0.717) is 12.1 Å². The first-order valence-corrected chi connectivity index (χ1v) is 7.40. The molecule has 1 unspecified atom stereocenters. The molecule has 1 aliphatic carbocycles. The van der Waals surface area contributed by atoms with Crippen LogP contribution in [0, 0.1) is 5.92 Å². The Balaban J connectivity index is 2.30. The van der Waals surface area contributed by atoms with E-state index < -0.39 is 0 Å². The van der Waals surface area contributed by atoms with Crippen LogP contribution in [0.4, 0.5) is 0 Å². The molecule has 96 valence electrons. The van der Waals surface area contributed by atoms with E-state index in [9.17, 15) is 0 Å². The minimum atomic E-state index is 0.414. The Kier molecular flexibility index (Phi) is 4.26. The van der Waals surface area contributed by atoms with Crippen molar-refractivity contribution in [3.8, 4) is 0 Å². The van der Waals surface area contributed by atoms with E-state index in [1.807, 2.05) is 6.20 Å². The average molecular weight is 300 g/mol. The average Bonchev–Trinajstić information content (AvgIpc) is 2.56. The highest BCUT2D eigenvalue weighted by Gasteiger charge is 2.32. The van der Waals surface area contributed by atoms with Gasteiger partial charge >= 0.3 is 0 Å². The summed E-state index contributed by atoms with van der Waals surface area (Å²) >= 11 is 3.65. The van der Waals surface area contributed by atoms with Gasteiger partial charge in [0.05, 0.1) is 22.4 Å². The summed E-state index contributed by atoms with van der Waals surface area (Å²) in [5.74, 6) is 0.778. The number of halogens is 1. The molecule has 1 saturated carbocycles. The van der Waals surface area contributed by atoms with Crippen molar-refractivity contribution in [2.45, 2.75) is 52.1 Å². The predicted octanol–water partition coefficient (Wildman–Crippen LogP) is 3.68. The molecule has 3 nitrogen and oxygen atoms in total. The molecule has 0 spiro atoms. The second-order valence-corrected chi connectivity index (χ2v) is 6.00. The molecule has 0 saturated heterocycles. The fourth-order valence-corrected chi connectivity index (χ4v) is 3.05. The molecule has 1 aliphatic rings. The van der Waals surface area contributed by atoms with E-state index in [1.165, 1.54) is 25.0 Å². The maximum atomic E-state index is 4.49. The number of aromatic nitrogens is 2. The zero-order valence-electron chi connectivity index (χ0n) is 10.9. The molecule has 1 atom stereocenters. The zero-order valence-corrected chi connectivity index (χ0v) is 12.5. The summed E-state index contributed by atoms with van der Waals surface area (Å²) in [6.45, 7) is 7.56. The van der Waals surface area contributed by atoms with Gasteiger partial charge in [-0.1, -0.05) is 13.3 Å². The van der Waals surface area contributed by atoms with Gasteiger partial charge in [0.1, 0.15) is 0 Å². The smallest absolute Gasteiger partial charge is 0.0701 e. The van der Waals surface area contributed by atoms with E-state index in [-0.39, 0.29) is 0 Å². The number of rotatable bonds is 5. The van der Waals surface area contributed by atoms with Crippen LogP contribution in [-0.2, 0) is 0 Å². The van der Waals surface area contributed by atoms with Gasteiger partial charge in [-0.3, -0.25) is 4.68 Å². The Morgan fingerprint density at radius 2 is 2.24 bits per heavy atom. The third-order valence-electron chi connectivity index (χ3n) is 3.62. The third kappa shape index (κ3) is 2.58. The van der Waals surface area contributed by atoms with Gasteiger partial charge in [0.2, 0.25) is 0 Å². The summed E-state index contributed by atoms with van der Waals surface area (Å²) < 4.78 is 3.29. The van der Waals surface area contributed by atoms with Crippen LogP contribution in [0.25, 0.3) is 0 Å². The van der Waals surface area contributed by atoms with E-state index in [2.05, 4.69) is 51.8 Å². The van der Waals surface area contributed by atoms with Crippen LogP contribution < -0.4 is 5.32 Å². The first-order valence-electron chi connectivity index (χ1n) is 6.61. The lowest BCUT2D eigenvalue weighted by atomic mass is 9.78. The summed E-state index contributed by atoms with van der Waals surface area (Å²) in [4.78, 5) is 0. The van der Waals surface area contributed by atoms with Crippen molar-refractivity contribution in [3.63, 3.8) is 0 Å². The van der Waals surface area contributed by atoms with Crippen molar-refractivity contribution in [1.82, 2.24) is 15.1 Å². The Morgan fingerprint density at radius 1 is 1.53 bits per heavy atom. The molecule has 17 heavy (non-hydrogen) atoms. The molecule has 0 amide bonds.